The van der Waals surface area contributed by atoms with Gasteiger partial charge in [0.2, 0.25) is 5.91 Å². The van der Waals surface area contributed by atoms with E-state index in [4.69, 9.17) is 14.2 Å². The molecule has 0 bridgehead atoms. The van der Waals surface area contributed by atoms with Crippen molar-refractivity contribution in [1.29, 1.82) is 0 Å². The van der Waals surface area contributed by atoms with Crippen LogP contribution in [0.2, 0.25) is 0 Å². The van der Waals surface area contributed by atoms with Crippen LogP contribution in [0.4, 0.5) is 0 Å². The predicted molar refractivity (Wildman–Crippen MR) is 134 cm³/mol. The Labute approximate surface area is 207 Å². The van der Waals surface area contributed by atoms with Crippen molar-refractivity contribution in [3.63, 3.8) is 0 Å². The van der Waals surface area contributed by atoms with Gasteiger partial charge in [0.05, 0.1) is 20.3 Å². The molecule has 0 spiro atoms. The van der Waals surface area contributed by atoms with Crippen molar-refractivity contribution >= 4 is 11.8 Å². The van der Waals surface area contributed by atoms with E-state index in [-0.39, 0.29) is 24.0 Å². The van der Waals surface area contributed by atoms with Crippen LogP contribution in [0.25, 0.3) is 0 Å². The summed E-state index contributed by atoms with van der Waals surface area (Å²) in [4.78, 5) is 29.5. The van der Waals surface area contributed by atoms with E-state index in [0.717, 1.165) is 49.7 Å². The summed E-state index contributed by atoms with van der Waals surface area (Å²) in [5, 5.41) is 3.23. The highest BCUT2D eigenvalue weighted by molar-refractivity contribution is 5.98. The summed E-state index contributed by atoms with van der Waals surface area (Å²) in [7, 11) is 3.10. The number of methoxy groups -OCH3 is 2. The zero-order valence-corrected chi connectivity index (χ0v) is 20.9. The highest BCUT2D eigenvalue weighted by atomic mass is 16.5. The summed E-state index contributed by atoms with van der Waals surface area (Å²) in [6, 6.07) is 12.3. The number of ether oxygens (including phenoxy) is 3. The highest BCUT2D eigenvalue weighted by Gasteiger charge is 2.36. The van der Waals surface area contributed by atoms with E-state index in [9.17, 15) is 9.59 Å². The van der Waals surface area contributed by atoms with Crippen molar-refractivity contribution in [1.82, 2.24) is 10.2 Å². The summed E-state index contributed by atoms with van der Waals surface area (Å²) >= 11 is 0. The number of hydrogen-bond acceptors (Lipinski definition) is 5. The first-order valence-electron chi connectivity index (χ1n) is 12.5. The molecule has 0 radical (unpaired) electrons. The Kier molecular flexibility index (Phi) is 8.29. The number of rotatable bonds is 9. The number of nitrogens with one attached hydrogen (secondary N) is 1. The number of hydrogen-bond donors (Lipinski definition) is 1. The maximum Gasteiger partial charge on any atom is 0.255 e. The van der Waals surface area contributed by atoms with E-state index >= 15 is 0 Å². The smallest absolute Gasteiger partial charge is 0.255 e. The molecule has 7 heteroatoms. The number of amides is 2. The summed E-state index contributed by atoms with van der Waals surface area (Å²) in [6.45, 7) is 3.02. The van der Waals surface area contributed by atoms with Crippen LogP contribution in [-0.4, -0.2) is 56.2 Å². The largest absolute Gasteiger partial charge is 0.493 e. The molecule has 1 heterocycles. The average molecular weight is 481 g/mol. The molecule has 1 aliphatic heterocycles. The maximum atomic E-state index is 14.0. The zero-order chi connectivity index (χ0) is 24.8. The molecule has 35 heavy (non-hydrogen) atoms. The molecular weight excluding hydrogens is 444 g/mol. The molecule has 0 aromatic heterocycles. The van der Waals surface area contributed by atoms with Gasteiger partial charge >= 0.3 is 0 Å². The van der Waals surface area contributed by atoms with Crippen molar-refractivity contribution < 1.29 is 23.8 Å². The maximum absolute atomic E-state index is 14.0. The molecule has 0 unspecified atom stereocenters. The normalized spacial score (nSPS) is 18.8. The predicted octanol–water partition coefficient (Wildman–Crippen LogP) is 4.43. The third-order valence-electron chi connectivity index (χ3n) is 6.97. The third-order valence-corrected chi connectivity index (χ3v) is 6.97. The fourth-order valence-corrected chi connectivity index (χ4v) is 5.02. The minimum Gasteiger partial charge on any atom is -0.493 e. The molecule has 2 amide bonds. The lowest BCUT2D eigenvalue weighted by molar-refractivity contribution is -0.127. The van der Waals surface area contributed by atoms with Gasteiger partial charge in [0, 0.05) is 24.8 Å². The lowest BCUT2D eigenvalue weighted by Crippen LogP contribution is -2.48. The van der Waals surface area contributed by atoms with E-state index in [1.807, 2.05) is 31.2 Å². The molecule has 188 valence electrons. The van der Waals surface area contributed by atoms with Gasteiger partial charge in [-0.25, -0.2) is 0 Å². The van der Waals surface area contributed by atoms with E-state index < -0.39 is 6.04 Å². The van der Waals surface area contributed by atoms with Crippen LogP contribution < -0.4 is 14.8 Å². The molecule has 1 saturated carbocycles. The molecule has 2 atom stereocenters. The Hall–Kier alpha value is -3.06. The first kappa shape index (κ1) is 25.0. The third kappa shape index (κ3) is 5.96. The van der Waals surface area contributed by atoms with Gasteiger partial charge in [0.25, 0.3) is 5.91 Å². The van der Waals surface area contributed by atoms with Gasteiger partial charge in [0.1, 0.15) is 6.04 Å². The van der Waals surface area contributed by atoms with Gasteiger partial charge in [-0.3, -0.25) is 9.59 Å². The topological polar surface area (TPSA) is 77.1 Å². The number of aryl methyl sites for hydroxylation is 1. The number of benzene rings is 2. The molecule has 4 rings (SSSR count). The Balaban J connectivity index is 1.72. The van der Waals surface area contributed by atoms with Gasteiger partial charge in [-0.15, -0.1) is 0 Å². The van der Waals surface area contributed by atoms with E-state index in [1.165, 1.54) is 0 Å². The van der Waals surface area contributed by atoms with Crippen molar-refractivity contribution in [2.45, 2.75) is 63.6 Å². The lowest BCUT2D eigenvalue weighted by atomic mass is 10.00. The molecule has 7 nitrogen and oxygen atoms in total. The summed E-state index contributed by atoms with van der Waals surface area (Å²) in [5.74, 6) is 0.627. The Bertz CT molecular complexity index is 1010. The molecule has 2 aliphatic rings. The van der Waals surface area contributed by atoms with Gasteiger partial charge in [0.15, 0.2) is 11.5 Å². The molecule has 1 saturated heterocycles. The monoisotopic (exact) mass is 480 g/mol. The first-order valence-corrected chi connectivity index (χ1v) is 12.5. The van der Waals surface area contributed by atoms with Crippen LogP contribution >= 0.6 is 0 Å². The van der Waals surface area contributed by atoms with Crippen molar-refractivity contribution in [3.05, 3.63) is 59.2 Å². The first-order chi connectivity index (χ1) is 17.0. The van der Waals surface area contributed by atoms with Gasteiger partial charge in [-0.05, 0) is 56.4 Å². The van der Waals surface area contributed by atoms with Crippen LogP contribution in [-0.2, 0) is 9.53 Å². The molecule has 1 aliphatic carbocycles. The van der Waals surface area contributed by atoms with E-state index in [2.05, 4.69) is 5.32 Å². The van der Waals surface area contributed by atoms with Crippen LogP contribution in [0.3, 0.4) is 0 Å². The van der Waals surface area contributed by atoms with Crippen LogP contribution in [0, 0.1) is 6.92 Å². The SMILES string of the molecule is COc1ccc(C(=O)N(C[C@H]2CCCO2)[C@@H](C(=O)NC2CCCC2)c2ccc(C)cc2)cc1OC. The highest BCUT2D eigenvalue weighted by Crippen LogP contribution is 2.31. The molecule has 1 N–H and O–H groups in total. The number of carbonyl (C=O) groups is 2. The van der Waals surface area contributed by atoms with Crippen LogP contribution in [0.5, 0.6) is 11.5 Å². The minimum atomic E-state index is -0.763. The fraction of sp³-hybridized carbons (Fsp3) is 0.500. The lowest BCUT2D eigenvalue weighted by Gasteiger charge is -2.34. The molecular formula is C28H36N2O5. The summed E-state index contributed by atoms with van der Waals surface area (Å²) in [5.41, 5.74) is 2.32. The van der Waals surface area contributed by atoms with Crippen molar-refractivity contribution in [3.8, 4) is 11.5 Å². The Morgan fingerprint density at radius 3 is 2.34 bits per heavy atom. The summed E-state index contributed by atoms with van der Waals surface area (Å²) < 4.78 is 16.7. The van der Waals surface area contributed by atoms with Gasteiger partial charge < -0.3 is 24.4 Å². The second-order valence-electron chi connectivity index (χ2n) is 9.47. The second-order valence-corrected chi connectivity index (χ2v) is 9.47. The zero-order valence-electron chi connectivity index (χ0n) is 20.9. The number of nitrogens with zero attached hydrogens (tertiary/aromatic N) is 1. The number of carbonyl (C=O) groups excluding carboxylic acids is 2. The van der Waals surface area contributed by atoms with Crippen molar-refractivity contribution in [2.24, 2.45) is 0 Å². The molecule has 2 aromatic carbocycles. The Morgan fingerprint density at radius 2 is 1.71 bits per heavy atom. The molecule has 2 aromatic rings. The van der Waals surface area contributed by atoms with Gasteiger partial charge in [-0.1, -0.05) is 42.7 Å². The van der Waals surface area contributed by atoms with E-state index in [0.29, 0.717) is 30.2 Å². The fourth-order valence-electron chi connectivity index (χ4n) is 5.02. The minimum absolute atomic E-state index is 0.105. The Morgan fingerprint density at radius 1 is 1.00 bits per heavy atom. The standard InChI is InChI=1S/C28H36N2O5/c1-19-10-12-20(13-11-19)26(27(31)29-22-7-4-5-8-22)30(18-23-9-6-16-35-23)28(32)21-14-15-24(33-2)25(17-21)34-3/h10-15,17,22-23,26H,4-9,16,18H2,1-3H3,(H,29,31)/t23-,26-/m1/s1. The van der Waals surface area contributed by atoms with E-state index in [1.54, 1.807) is 37.3 Å². The quantitative estimate of drug-likeness (QED) is 0.574. The average Bonchev–Trinajstić information content (AvgIpc) is 3.58. The van der Waals surface area contributed by atoms with Gasteiger partial charge in [-0.2, -0.15) is 0 Å². The molecule has 2 fully saturated rings. The van der Waals surface area contributed by atoms with Crippen LogP contribution in [0.15, 0.2) is 42.5 Å². The van der Waals surface area contributed by atoms with Crippen molar-refractivity contribution in [2.75, 3.05) is 27.4 Å². The van der Waals surface area contributed by atoms with Crippen LogP contribution in [0.1, 0.15) is 66.1 Å². The second kappa shape index (κ2) is 11.6. The summed E-state index contributed by atoms with van der Waals surface area (Å²) in [6.07, 6.45) is 5.89.